The van der Waals surface area contributed by atoms with Crippen molar-refractivity contribution in [2.24, 2.45) is 16.6 Å². The fourth-order valence-corrected chi connectivity index (χ4v) is 4.95. The molecule has 2 aliphatic heterocycles. The minimum Gasteiger partial charge on any atom is -0.545 e. The summed E-state index contributed by atoms with van der Waals surface area (Å²) in [4.78, 5) is 57.3. The Kier molecular flexibility index (Phi) is 9.31. The summed E-state index contributed by atoms with van der Waals surface area (Å²) in [6.07, 6.45) is 0.971. The average molecular weight is 530 g/mol. The Morgan fingerprint density at radius 2 is 1.76 bits per heavy atom. The molecule has 2 heterocycles. The number of aromatic carboxylic acids is 1. The van der Waals surface area contributed by atoms with Crippen molar-refractivity contribution in [2.75, 3.05) is 39.2 Å². The third kappa shape index (κ3) is 5.60. The molecular weight excluding hydrogens is 501 g/mol. The molecule has 194 valence electrons. The Morgan fingerprint density at radius 1 is 1.13 bits per heavy atom. The molecule has 1 atom stereocenters. The normalized spacial score (nSPS) is 19.5. The molecule has 1 fully saturated rings. The number of rotatable bonds is 7. The molecule has 2 aromatic rings. The number of carboxylic acid groups (broad SMARTS) is 1. The maximum atomic E-state index is 13.6. The van der Waals surface area contributed by atoms with Crippen LogP contribution in [0, 0.1) is 5.92 Å². The number of nitrogens with one attached hydrogen (secondary N) is 1. The van der Waals surface area contributed by atoms with E-state index in [1.165, 1.54) is 36.3 Å². The van der Waals surface area contributed by atoms with Gasteiger partial charge < -0.3 is 30.6 Å². The van der Waals surface area contributed by atoms with Gasteiger partial charge in [-0.3, -0.25) is 19.3 Å². The zero-order valence-corrected chi connectivity index (χ0v) is 23.6. The number of benzene rings is 2. The predicted octanol–water partition coefficient (Wildman–Crippen LogP) is -2.83. The number of hydrogen-bond donors (Lipinski definition) is 2. The number of ether oxygens (including phenoxy) is 1. The maximum absolute atomic E-state index is 13.6. The predicted molar refractivity (Wildman–Crippen MR) is 132 cm³/mol. The van der Waals surface area contributed by atoms with Crippen molar-refractivity contribution in [3.8, 4) is 0 Å². The Hall–Kier alpha value is -3.25. The van der Waals surface area contributed by atoms with Gasteiger partial charge in [0.05, 0.1) is 5.97 Å². The van der Waals surface area contributed by atoms with E-state index in [0.717, 1.165) is 0 Å². The largest absolute Gasteiger partial charge is 1.00 e. The third-order valence-corrected chi connectivity index (χ3v) is 6.87. The summed E-state index contributed by atoms with van der Waals surface area (Å²) in [5.41, 5.74) is 6.28. The maximum Gasteiger partial charge on any atom is 1.00 e. The number of likely N-dealkylation sites (N-methyl/N-ethyl adjacent to an activating group) is 1. The Balaban J connectivity index is 0.00000400. The van der Waals surface area contributed by atoms with Crippen LogP contribution in [0.15, 0.2) is 53.5 Å². The Morgan fingerprint density at radius 3 is 2.32 bits per heavy atom. The number of amides is 3. The topological polar surface area (TPSA) is 157 Å². The Labute approximate surface area is 242 Å². The van der Waals surface area contributed by atoms with Gasteiger partial charge in [0.15, 0.2) is 11.5 Å². The van der Waals surface area contributed by atoms with E-state index in [2.05, 4.69) is 10.3 Å². The number of carboxylic acids is 1. The summed E-state index contributed by atoms with van der Waals surface area (Å²) >= 11 is 0. The van der Waals surface area contributed by atoms with Crippen molar-refractivity contribution in [3.05, 3.63) is 65.2 Å². The van der Waals surface area contributed by atoms with Gasteiger partial charge >= 0.3 is 29.6 Å². The molecular formula is C26H28N5NaO6. The second kappa shape index (κ2) is 12.1. The first-order chi connectivity index (χ1) is 17.7. The van der Waals surface area contributed by atoms with Gasteiger partial charge in [0.1, 0.15) is 6.61 Å². The minimum atomic E-state index is -1.31. The summed E-state index contributed by atoms with van der Waals surface area (Å²) in [6.45, 7) is 0.652. The molecule has 0 aromatic heterocycles. The van der Waals surface area contributed by atoms with Crippen LogP contribution in [0.2, 0.25) is 0 Å². The quantitative estimate of drug-likeness (QED) is 0.366. The summed E-state index contributed by atoms with van der Waals surface area (Å²) in [7, 11) is 3.00. The summed E-state index contributed by atoms with van der Waals surface area (Å²) < 4.78 is 4.87. The van der Waals surface area contributed by atoms with Gasteiger partial charge in [0, 0.05) is 44.4 Å². The molecule has 2 aromatic carbocycles. The molecule has 3 N–H and O–H groups in total. The van der Waals surface area contributed by atoms with Crippen molar-refractivity contribution in [3.63, 3.8) is 0 Å². The monoisotopic (exact) mass is 529 g/mol. The molecule has 11 nitrogen and oxygen atoms in total. The van der Waals surface area contributed by atoms with Gasteiger partial charge in [0.25, 0.3) is 11.8 Å². The first kappa shape index (κ1) is 29.3. The van der Waals surface area contributed by atoms with Crippen molar-refractivity contribution in [2.45, 2.75) is 18.4 Å². The van der Waals surface area contributed by atoms with Crippen molar-refractivity contribution >= 4 is 35.3 Å². The van der Waals surface area contributed by atoms with Crippen LogP contribution < -0.4 is 45.7 Å². The number of nitrogens with two attached hydrogens (primary N) is 1. The number of hydrogen-bond acceptors (Lipinski definition) is 8. The molecule has 3 amide bonds. The average Bonchev–Trinajstić information content (AvgIpc) is 3.13. The van der Waals surface area contributed by atoms with E-state index in [9.17, 15) is 24.3 Å². The molecule has 12 heteroatoms. The number of carbonyl (C=O) groups excluding carboxylic acids is 4. The number of methoxy groups -OCH3 is 1. The number of aliphatic imine (C=N–C) groups is 1. The van der Waals surface area contributed by atoms with Gasteiger partial charge in [-0.25, -0.2) is 4.99 Å². The number of nitrogens with zero attached hydrogens (tertiary/aromatic N) is 3. The molecule has 2 aliphatic rings. The van der Waals surface area contributed by atoms with Crippen molar-refractivity contribution in [1.29, 1.82) is 0 Å². The SMILES string of the molecule is COCC(=O)Nc1cccc(C2(C3CCN(C(=O)c4ccc(C(=O)[O-])cc4)CC3)N=C(N)N(C)C2=O)c1.[Na+]. The second-order valence-corrected chi connectivity index (χ2v) is 9.09. The molecule has 0 saturated carbocycles. The summed E-state index contributed by atoms with van der Waals surface area (Å²) in [5.74, 6) is -2.28. The van der Waals surface area contributed by atoms with Crippen LogP contribution in [-0.4, -0.2) is 73.3 Å². The summed E-state index contributed by atoms with van der Waals surface area (Å²) in [5, 5.41) is 13.7. The summed E-state index contributed by atoms with van der Waals surface area (Å²) in [6, 6.07) is 12.6. The van der Waals surface area contributed by atoms with Crippen molar-refractivity contribution < 1.29 is 58.6 Å². The van der Waals surface area contributed by atoms with E-state index in [-0.39, 0.29) is 71.3 Å². The first-order valence-electron chi connectivity index (χ1n) is 11.8. The van der Waals surface area contributed by atoms with Crippen LogP contribution in [0.25, 0.3) is 0 Å². The van der Waals surface area contributed by atoms with Crippen LogP contribution in [0.3, 0.4) is 0 Å². The van der Waals surface area contributed by atoms with Crippen molar-refractivity contribution in [1.82, 2.24) is 9.80 Å². The van der Waals surface area contributed by atoms with E-state index < -0.39 is 11.5 Å². The minimum absolute atomic E-state index is 0. The first-order valence-corrected chi connectivity index (χ1v) is 11.8. The van der Waals surface area contributed by atoms with Crippen LogP contribution in [-0.2, 0) is 19.9 Å². The Bertz CT molecular complexity index is 1260. The molecule has 0 spiro atoms. The van der Waals surface area contributed by atoms with Crippen LogP contribution >= 0.6 is 0 Å². The molecule has 38 heavy (non-hydrogen) atoms. The van der Waals surface area contributed by atoms with Crippen LogP contribution in [0.5, 0.6) is 0 Å². The fraction of sp³-hybridized carbons (Fsp3) is 0.346. The number of anilines is 1. The third-order valence-electron chi connectivity index (χ3n) is 6.87. The molecule has 1 saturated heterocycles. The number of piperidine rings is 1. The molecule has 0 bridgehead atoms. The zero-order valence-electron chi connectivity index (χ0n) is 21.6. The standard InChI is InChI=1S/C26H29N5O6.Na/c1-30-24(36)26(29-25(30)27,19-4-3-5-20(14-19)28-21(32)15-37-2)18-10-12-31(13-11-18)22(33)16-6-8-17(9-7-16)23(34)35;/h3-9,14,18H,10-13,15H2,1-2H3,(H2,27,29)(H,28,32)(H,34,35);/q;+1/p-1. The van der Waals surface area contributed by atoms with Crippen LogP contribution in [0.1, 0.15) is 39.1 Å². The molecule has 1 unspecified atom stereocenters. The molecule has 4 rings (SSSR count). The van der Waals surface area contributed by atoms with Crippen LogP contribution in [0.4, 0.5) is 5.69 Å². The second-order valence-electron chi connectivity index (χ2n) is 9.09. The number of likely N-dealkylation sites (tertiary alicyclic amines) is 1. The van der Waals surface area contributed by atoms with E-state index >= 15 is 0 Å². The van der Waals surface area contributed by atoms with E-state index in [0.29, 0.717) is 42.7 Å². The zero-order chi connectivity index (χ0) is 26.7. The van der Waals surface area contributed by atoms with E-state index in [1.54, 1.807) is 36.2 Å². The van der Waals surface area contributed by atoms with E-state index in [4.69, 9.17) is 10.5 Å². The fourth-order valence-electron chi connectivity index (χ4n) is 4.95. The smallest absolute Gasteiger partial charge is 0.545 e. The van der Waals surface area contributed by atoms with Gasteiger partial charge in [-0.05, 0) is 48.2 Å². The van der Waals surface area contributed by atoms with Gasteiger partial charge in [-0.15, -0.1) is 0 Å². The molecule has 0 radical (unpaired) electrons. The van der Waals surface area contributed by atoms with Gasteiger partial charge in [-0.2, -0.15) is 0 Å². The number of carbonyl (C=O) groups is 4. The molecule has 0 aliphatic carbocycles. The van der Waals surface area contributed by atoms with E-state index in [1.807, 2.05) is 0 Å². The number of guanidine groups is 1. The van der Waals surface area contributed by atoms with Gasteiger partial charge in [0.2, 0.25) is 5.91 Å². The van der Waals surface area contributed by atoms with Gasteiger partial charge in [-0.1, -0.05) is 24.3 Å².